The average molecular weight is 260 g/mol. The Kier molecular flexibility index (Phi) is 4.22. The lowest BCUT2D eigenvalue weighted by atomic mass is 10.1. The van der Waals surface area contributed by atoms with E-state index in [0.717, 1.165) is 18.4 Å². The summed E-state index contributed by atoms with van der Waals surface area (Å²) in [5.74, 6) is -0.228. The van der Waals surface area contributed by atoms with E-state index in [1.54, 1.807) is 4.68 Å². The number of hydrogen-bond donors (Lipinski definition) is 1. The van der Waals surface area contributed by atoms with E-state index >= 15 is 0 Å². The van der Waals surface area contributed by atoms with E-state index in [9.17, 15) is 4.79 Å². The minimum atomic E-state index is -0.840. The standard InChI is InChI=1S/C13H16N4O2/c1-2-6-11(9-12(18)19)17-13(14-15-16-17)10-7-4-3-5-8-10/h3-5,7-8,11H,2,6,9H2,1H3,(H,18,19). The van der Waals surface area contributed by atoms with Gasteiger partial charge < -0.3 is 5.11 Å². The number of carbonyl (C=O) groups is 1. The molecule has 1 aromatic heterocycles. The largest absolute Gasteiger partial charge is 0.481 e. The zero-order chi connectivity index (χ0) is 13.7. The second kappa shape index (κ2) is 6.08. The number of nitrogens with zero attached hydrogens (tertiary/aromatic N) is 4. The van der Waals surface area contributed by atoms with Gasteiger partial charge in [-0.15, -0.1) is 5.10 Å². The molecule has 0 aliphatic carbocycles. The summed E-state index contributed by atoms with van der Waals surface area (Å²) in [5, 5.41) is 20.6. The third kappa shape index (κ3) is 3.15. The molecule has 6 nitrogen and oxygen atoms in total. The molecule has 0 fully saturated rings. The van der Waals surface area contributed by atoms with E-state index in [-0.39, 0.29) is 12.5 Å². The Bertz CT molecular complexity index is 539. The van der Waals surface area contributed by atoms with Crippen LogP contribution in [0.5, 0.6) is 0 Å². The third-order valence-electron chi connectivity index (χ3n) is 2.90. The summed E-state index contributed by atoms with van der Waals surface area (Å²) < 4.78 is 1.62. The van der Waals surface area contributed by atoms with Crippen molar-refractivity contribution in [1.82, 2.24) is 20.2 Å². The van der Waals surface area contributed by atoms with Crippen LogP contribution in [-0.2, 0) is 4.79 Å². The fourth-order valence-corrected chi connectivity index (χ4v) is 2.06. The fraction of sp³-hybridized carbons (Fsp3) is 0.385. The monoisotopic (exact) mass is 260 g/mol. The molecule has 0 bridgehead atoms. The molecule has 6 heteroatoms. The van der Waals surface area contributed by atoms with Crippen molar-refractivity contribution < 1.29 is 9.90 Å². The van der Waals surface area contributed by atoms with E-state index in [2.05, 4.69) is 15.5 Å². The van der Waals surface area contributed by atoms with E-state index in [4.69, 9.17) is 5.11 Å². The van der Waals surface area contributed by atoms with Crippen LogP contribution in [-0.4, -0.2) is 31.3 Å². The smallest absolute Gasteiger partial charge is 0.305 e. The Morgan fingerprint density at radius 3 is 2.74 bits per heavy atom. The Balaban J connectivity index is 2.33. The molecule has 2 rings (SSSR count). The van der Waals surface area contributed by atoms with Gasteiger partial charge in [-0.2, -0.15) is 0 Å². The van der Waals surface area contributed by atoms with Crippen LogP contribution in [0.3, 0.4) is 0 Å². The lowest BCUT2D eigenvalue weighted by Crippen LogP contribution is -2.16. The van der Waals surface area contributed by atoms with Crippen molar-refractivity contribution >= 4 is 5.97 Å². The first-order valence-electron chi connectivity index (χ1n) is 6.27. The average Bonchev–Trinajstić information content (AvgIpc) is 2.88. The molecule has 0 saturated heterocycles. The summed E-state index contributed by atoms with van der Waals surface area (Å²) in [6.45, 7) is 2.02. The van der Waals surface area contributed by atoms with Crippen LogP contribution in [0.1, 0.15) is 32.2 Å². The Morgan fingerprint density at radius 1 is 1.37 bits per heavy atom. The number of aliphatic carboxylic acids is 1. The minimum Gasteiger partial charge on any atom is -0.481 e. The van der Waals surface area contributed by atoms with Crippen molar-refractivity contribution in [2.45, 2.75) is 32.2 Å². The molecule has 0 spiro atoms. The zero-order valence-electron chi connectivity index (χ0n) is 10.7. The fourth-order valence-electron chi connectivity index (χ4n) is 2.06. The van der Waals surface area contributed by atoms with Crippen LogP contribution >= 0.6 is 0 Å². The first kappa shape index (κ1) is 13.2. The van der Waals surface area contributed by atoms with Crippen LogP contribution in [0.15, 0.2) is 30.3 Å². The quantitative estimate of drug-likeness (QED) is 0.860. The molecule has 1 N–H and O–H groups in total. The minimum absolute atomic E-state index is 0.0265. The Hall–Kier alpha value is -2.24. The van der Waals surface area contributed by atoms with Gasteiger partial charge in [-0.25, -0.2) is 4.68 Å². The van der Waals surface area contributed by atoms with E-state index < -0.39 is 5.97 Å². The molecule has 100 valence electrons. The molecule has 0 amide bonds. The number of aromatic nitrogens is 4. The van der Waals surface area contributed by atoms with Gasteiger partial charge in [-0.05, 0) is 16.8 Å². The van der Waals surface area contributed by atoms with Crippen molar-refractivity contribution in [3.8, 4) is 11.4 Å². The molecule has 0 saturated carbocycles. The lowest BCUT2D eigenvalue weighted by molar-refractivity contribution is -0.138. The van der Waals surface area contributed by atoms with Gasteiger partial charge in [0, 0.05) is 5.56 Å². The highest BCUT2D eigenvalue weighted by Gasteiger charge is 2.20. The Labute approximate surface area is 111 Å². The van der Waals surface area contributed by atoms with E-state index in [0.29, 0.717) is 5.82 Å². The topological polar surface area (TPSA) is 80.9 Å². The van der Waals surface area contributed by atoms with Crippen LogP contribution < -0.4 is 0 Å². The maximum Gasteiger partial charge on any atom is 0.305 e. The molecule has 1 aromatic carbocycles. The first-order chi connectivity index (χ1) is 9.22. The van der Waals surface area contributed by atoms with Gasteiger partial charge in [-0.1, -0.05) is 43.7 Å². The molecule has 19 heavy (non-hydrogen) atoms. The summed E-state index contributed by atoms with van der Waals surface area (Å²) >= 11 is 0. The summed E-state index contributed by atoms with van der Waals surface area (Å²) in [6, 6.07) is 9.32. The van der Waals surface area contributed by atoms with Gasteiger partial charge >= 0.3 is 5.97 Å². The normalized spacial score (nSPS) is 12.3. The molecule has 0 aliphatic rings. The van der Waals surface area contributed by atoms with Gasteiger partial charge in [-0.3, -0.25) is 4.79 Å². The maximum absolute atomic E-state index is 10.9. The molecule has 2 aromatic rings. The van der Waals surface area contributed by atoms with Gasteiger partial charge in [0.2, 0.25) is 0 Å². The van der Waals surface area contributed by atoms with Crippen molar-refractivity contribution in [1.29, 1.82) is 0 Å². The van der Waals surface area contributed by atoms with E-state index in [1.165, 1.54) is 0 Å². The van der Waals surface area contributed by atoms with Gasteiger partial charge in [0.05, 0.1) is 12.5 Å². The van der Waals surface area contributed by atoms with Crippen LogP contribution in [0, 0.1) is 0 Å². The van der Waals surface area contributed by atoms with Crippen molar-refractivity contribution in [2.75, 3.05) is 0 Å². The first-order valence-corrected chi connectivity index (χ1v) is 6.27. The summed E-state index contributed by atoms with van der Waals surface area (Å²) in [5.41, 5.74) is 0.888. The van der Waals surface area contributed by atoms with Crippen LogP contribution in [0.4, 0.5) is 0 Å². The third-order valence-corrected chi connectivity index (χ3v) is 2.90. The van der Waals surface area contributed by atoms with E-state index in [1.807, 2.05) is 37.3 Å². The van der Waals surface area contributed by atoms with Crippen LogP contribution in [0.2, 0.25) is 0 Å². The zero-order valence-corrected chi connectivity index (χ0v) is 10.7. The number of tetrazole rings is 1. The predicted octanol–water partition coefficient (Wildman–Crippen LogP) is 2.16. The van der Waals surface area contributed by atoms with Crippen molar-refractivity contribution in [3.05, 3.63) is 30.3 Å². The second-order valence-corrected chi connectivity index (χ2v) is 4.35. The number of rotatable bonds is 6. The highest BCUT2D eigenvalue weighted by Crippen LogP contribution is 2.23. The highest BCUT2D eigenvalue weighted by molar-refractivity contribution is 5.67. The summed E-state index contributed by atoms with van der Waals surface area (Å²) in [4.78, 5) is 10.9. The summed E-state index contributed by atoms with van der Waals surface area (Å²) in [6.07, 6.45) is 1.64. The van der Waals surface area contributed by atoms with Gasteiger partial charge in [0.1, 0.15) is 0 Å². The molecule has 1 heterocycles. The number of benzene rings is 1. The molecular formula is C13H16N4O2. The summed E-state index contributed by atoms with van der Waals surface area (Å²) in [7, 11) is 0. The Morgan fingerprint density at radius 2 is 2.11 bits per heavy atom. The lowest BCUT2D eigenvalue weighted by Gasteiger charge is -2.15. The number of carboxylic acid groups (broad SMARTS) is 1. The molecular weight excluding hydrogens is 244 g/mol. The second-order valence-electron chi connectivity index (χ2n) is 4.35. The molecule has 1 atom stereocenters. The molecule has 1 unspecified atom stereocenters. The highest BCUT2D eigenvalue weighted by atomic mass is 16.4. The molecule has 0 aliphatic heterocycles. The van der Waals surface area contributed by atoms with Gasteiger partial charge in [0.15, 0.2) is 5.82 Å². The molecule has 0 radical (unpaired) electrons. The van der Waals surface area contributed by atoms with Crippen molar-refractivity contribution in [3.63, 3.8) is 0 Å². The number of hydrogen-bond acceptors (Lipinski definition) is 4. The SMILES string of the molecule is CCCC(CC(=O)O)n1nnnc1-c1ccccc1. The van der Waals surface area contributed by atoms with Crippen molar-refractivity contribution in [2.24, 2.45) is 0 Å². The predicted molar refractivity (Wildman–Crippen MR) is 69.5 cm³/mol. The number of carboxylic acids is 1. The maximum atomic E-state index is 10.9. The van der Waals surface area contributed by atoms with Gasteiger partial charge in [0.25, 0.3) is 0 Å². The van der Waals surface area contributed by atoms with Crippen LogP contribution in [0.25, 0.3) is 11.4 Å².